The Kier molecular flexibility index (Phi) is 9.35. The number of rotatable bonds is 9. The summed E-state index contributed by atoms with van der Waals surface area (Å²) >= 11 is 6.30. The molecule has 0 aromatic carbocycles. The molecule has 1 fully saturated rings. The van der Waals surface area contributed by atoms with Gasteiger partial charge < -0.3 is 9.84 Å². The Morgan fingerprint density at radius 3 is 2.66 bits per heavy atom. The Morgan fingerprint density at radius 2 is 2.00 bits per heavy atom. The number of ether oxygens (including phenoxy) is 1. The number of aromatic nitrogens is 3. The van der Waals surface area contributed by atoms with Crippen molar-refractivity contribution in [3.63, 3.8) is 0 Å². The molecule has 216 valence electrons. The number of hydrogen-bond donors (Lipinski definition) is 1. The fourth-order valence-electron chi connectivity index (χ4n) is 4.17. The molecule has 4 rings (SSSR count). The third-order valence-corrected chi connectivity index (χ3v) is 7.41. The number of aryl methyl sites for hydroxylation is 1. The van der Waals surface area contributed by atoms with E-state index < -0.39 is 23.3 Å². The average Bonchev–Trinajstić information content (AvgIpc) is 3.78. The van der Waals surface area contributed by atoms with Crippen LogP contribution in [0.15, 0.2) is 69.1 Å². The van der Waals surface area contributed by atoms with Crippen LogP contribution >= 0.6 is 11.6 Å². The van der Waals surface area contributed by atoms with E-state index in [0.717, 1.165) is 19.0 Å². The van der Waals surface area contributed by atoms with E-state index in [1.807, 2.05) is 13.0 Å². The van der Waals surface area contributed by atoms with E-state index in [2.05, 4.69) is 9.98 Å². The number of allylic oxidation sites excluding steroid dienone is 1. The third-order valence-electron chi connectivity index (χ3n) is 7.07. The smallest absolute Gasteiger partial charge is 0.277 e. The first-order valence-corrected chi connectivity index (χ1v) is 13.5. The van der Waals surface area contributed by atoms with Crippen molar-refractivity contribution in [3.8, 4) is 5.75 Å². The van der Waals surface area contributed by atoms with Gasteiger partial charge in [-0.15, -0.1) is 0 Å². The molecule has 3 aromatic rings. The second kappa shape index (κ2) is 12.7. The lowest BCUT2D eigenvalue weighted by Crippen LogP contribution is -2.29. The number of hydrogen-bond acceptors (Lipinski definition) is 6. The zero-order valence-corrected chi connectivity index (χ0v) is 23.9. The summed E-state index contributed by atoms with van der Waals surface area (Å²) in [6.45, 7) is 6.64. The van der Waals surface area contributed by atoms with Crippen LogP contribution in [0.4, 0.5) is 8.78 Å². The van der Waals surface area contributed by atoms with Crippen LogP contribution in [-0.4, -0.2) is 31.2 Å². The molecule has 2 atom stereocenters. The standard InChI is InChI=1S/C30H31ClF2N4O4/c1-17(20(4)38)14-35-27(37-10-5-6-23(29(37)39)19(3)21-7-8-21)9-11-36-18(2)12-26(28(31)30(36)40)41-16-25-24(33)13-22(32)15-34-25/h5-6,9-15,19-21,38H,7-8,16H2,1-4H3/b11-9+,17-14-,35-27+/t19-,20-/m0/s1. The Bertz CT molecular complexity index is 1660. The highest BCUT2D eigenvalue weighted by molar-refractivity contribution is 6.31. The maximum absolute atomic E-state index is 13.9. The first-order chi connectivity index (χ1) is 19.5. The van der Waals surface area contributed by atoms with Gasteiger partial charge in [-0.25, -0.2) is 13.8 Å². The number of pyridine rings is 3. The van der Waals surface area contributed by atoms with Gasteiger partial charge in [0.2, 0.25) is 0 Å². The number of aliphatic hydroxyl groups is 1. The second-order valence-corrected chi connectivity index (χ2v) is 10.5. The molecule has 0 saturated heterocycles. The molecule has 0 bridgehead atoms. The zero-order valence-electron chi connectivity index (χ0n) is 23.1. The lowest BCUT2D eigenvalue weighted by atomic mass is 9.98. The van der Waals surface area contributed by atoms with Crippen molar-refractivity contribution in [2.75, 3.05) is 0 Å². The quantitative estimate of drug-likeness (QED) is 0.267. The van der Waals surface area contributed by atoms with Gasteiger partial charge in [0, 0.05) is 42.0 Å². The molecule has 1 saturated carbocycles. The van der Waals surface area contributed by atoms with E-state index in [1.165, 1.54) is 33.7 Å². The van der Waals surface area contributed by atoms with Crippen LogP contribution in [-0.2, 0) is 6.61 Å². The van der Waals surface area contributed by atoms with Gasteiger partial charge in [-0.2, -0.15) is 0 Å². The fraction of sp³-hybridized carbons (Fsp3) is 0.333. The van der Waals surface area contributed by atoms with Crippen molar-refractivity contribution in [1.29, 1.82) is 0 Å². The first-order valence-electron chi connectivity index (χ1n) is 13.1. The van der Waals surface area contributed by atoms with Gasteiger partial charge in [0.25, 0.3) is 11.1 Å². The molecule has 0 aliphatic heterocycles. The minimum Gasteiger partial charge on any atom is -0.485 e. The predicted octanol–water partition coefficient (Wildman–Crippen LogP) is 5.44. The SMILES string of the molecule is C/C(=C/N=C(\C=C\n1c(C)cc(OCc2ncc(F)cc2F)c(Cl)c1=O)n1cccc([C@@H](C)C2CC2)c1=O)[C@H](C)O. The second-order valence-electron chi connectivity index (χ2n) is 10.1. The number of halogens is 3. The summed E-state index contributed by atoms with van der Waals surface area (Å²) in [6.07, 6.45) is 8.30. The van der Waals surface area contributed by atoms with E-state index in [9.17, 15) is 23.5 Å². The topological polar surface area (TPSA) is 98.7 Å². The summed E-state index contributed by atoms with van der Waals surface area (Å²) < 4.78 is 35.3. The van der Waals surface area contributed by atoms with Gasteiger partial charge in [-0.05, 0) is 63.2 Å². The highest BCUT2D eigenvalue weighted by atomic mass is 35.5. The summed E-state index contributed by atoms with van der Waals surface area (Å²) in [7, 11) is 0. The molecule has 1 N–H and O–H groups in total. The Hall–Kier alpha value is -3.89. The van der Waals surface area contributed by atoms with E-state index in [4.69, 9.17) is 16.3 Å². The molecular weight excluding hydrogens is 554 g/mol. The first kappa shape index (κ1) is 30.1. The van der Waals surface area contributed by atoms with Crippen molar-refractivity contribution >= 4 is 23.6 Å². The molecule has 1 aliphatic rings. The van der Waals surface area contributed by atoms with Gasteiger partial charge >= 0.3 is 0 Å². The lowest BCUT2D eigenvalue weighted by Gasteiger charge is -2.14. The third kappa shape index (κ3) is 7.07. The largest absolute Gasteiger partial charge is 0.485 e. The van der Waals surface area contributed by atoms with Gasteiger partial charge in [-0.3, -0.25) is 23.7 Å². The van der Waals surface area contributed by atoms with Crippen molar-refractivity contribution in [1.82, 2.24) is 14.1 Å². The maximum atomic E-state index is 13.9. The van der Waals surface area contributed by atoms with Gasteiger partial charge in [0.1, 0.15) is 34.7 Å². The predicted molar refractivity (Wildman–Crippen MR) is 154 cm³/mol. The number of nitrogens with zero attached hydrogens (tertiary/aromatic N) is 4. The molecule has 0 amide bonds. The summed E-state index contributed by atoms with van der Waals surface area (Å²) in [6, 6.07) is 5.78. The molecule has 3 aromatic heterocycles. The lowest BCUT2D eigenvalue weighted by molar-refractivity contribution is 0.231. The molecule has 0 radical (unpaired) electrons. The normalized spacial score (nSPS) is 15.8. The van der Waals surface area contributed by atoms with E-state index in [0.29, 0.717) is 28.8 Å². The van der Waals surface area contributed by atoms with Gasteiger partial charge in [0.05, 0.1) is 12.3 Å². The van der Waals surface area contributed by atoms with Crippen LogP contribution in [0.1, 0.15) is 56.5 Å². The van der Waals surface area contributed by atoms with Crippen molar-refractivity contribution in [3.05, 3.63) is 109 Å². The molecule has 0 unspecified atom stereocenters. The van der Waals surface area contributed by atoms with E-state index in [1.54, 1.807) is 33.0 Å². The van der Waals surface area contributed by atoms with Gasteiger partial charge in [-0.1, -0.05) is 24.6 Å². The summed E-state index contributed by atoms with van der Waals surface area (Å²) in [5, 5.41) is 9.63. The molecule has 8 nitrogen and oxygen atoms in total. The van der Waals surface area contributed by atoms with Crippen molar-refractivity contribution < 1.29 is 18.6 Å². The summed E-state index contributed by atoms with van der Waals surface area (Å²) in [5.74, 6) is -0.893. The minimum absolute atomic E-state index is 0.00621. The Labute approximate surface area is 240 Å². The Balaban J connectivity index is 1.69. The number of aliphatic hydroxyl groups excluding tert-OH is 1. The summed E-state index contributed by atoms with van der Waals surface area (Å²) in [4.78, 5) is 34.7. The van der Waals surface area contributed by atoms with E-state index >= 15 is 0 Å². The highest BCUT2D eigenvalue weighted by Crippen LogP contribution is 2.41. The van der Waals surface area contributed by atoms with E-state index in [-0.39, 0.29) is 40.4 Å². The highest BCUT2D eigenvalue weighted by Gasteiger charge is 2.30. The maximum Gasteiger partial charge on any atom is 0.277 e. The zero-order chi connectivity index (χ0) is 29.8. The van der Waals surface area contributed by atoms with Crippen molar-refractivity contribution in [2.24, 2.45) is 10.9 Å². The van der Waals surface area contributed by atoms with Crippen LogP contribution in [0.3, 0.4) is 0 Å². The monoisotopic (exact) mass is 584 g/mol. The molecule has 11 heteroatoms. The number of aliphatic imine (C=N–C) groups is 1. The van der Waals surface area contributed by atoms with Crippen LogP contribution in [0.2, 0.25) is 5.02 Å². The minimum atomic E-state index is -0.883. The molecule has 1 aliphatic carbocycles. The van der Waals surface area contributed by atoms with Crippen LogP contribution in [0, 0.1) is 24.5 Å². The Morgan fingerprint density at radius 1 is 1.27 bits per heavy atom. The molecular formula is C30H31ClF2N4O4. The molecule has 3 heterocycles. The average molecular weight is 585 g/mol. The van der Waals surface area contributed by atoms with Gasteiger partial charge in [0.15, 0.2) is 5.82 Å². The van der Waals surface area contributed by atoms with Crippen LogP contribution in [0.25, 0.3) is 6.20 Å². The fourth-order valence-corrected chi connectivity index (χ4v) is 4.37. The molecule has 41 heavy (non-hydrogen) atoms. The van der Waals surface area contributed by atoms with Crippen molar-refractivity contribution in [2.45, 2.75) is 59.2 Å². The molecule has 0 spiro atoms. The van der Waals surface area contributed by atoms with Crippen LogP contribution < -0.4 is 15.9 Å². The van der Waals surface area contributed by atoms with Crippen LogP contribution in [0.5, 0.6) is 5.75 Å². The summed E-state index contributed by atoms with van der Waals surface area (Å²) in [5.41, 5.74) is 0.703.